The van der Waals surface area contributed by atoms with Gasteiger partial charge >= 0.3 is 0 Å². The Labute approximate surface area is 77.1 Å². The highest BCUT2D eigenvalue weighted by molar-refractivity contribution is 4.91. The van der Waals surface area contributed by atoms with E-state index in [1.165, 1.54) is 6.42 Å². The van der Waals surface area contributed by atoms with Gasteiger partial charge in [-0.3, -0.25) is 0 Å². The molecule has 0 rings (SSSR count). The van der Waals surface area contributed by atoms with Crippen molar-refractivity contribution in [3.8, 4) is 0 Å². The number of nitrogens with zero attached hydrogens (tertiary/aromatic N) is 1. The lowest BCUT2D eigenvalue weighted by Crippen LogP contribution is -2.54. The van der Waals surface area contributed by atoms with Crippen molar-refractivity contribution < 1.29 is 0 Å². The van der Waals surface area contributed by atoms with Crippen molar-refractivity contribution >= 4 is 0 Å². The van der Waals surface area contributed by atoms with Crippen LogP contribution in [0.1, 0.15) is 40.0 Å². The normalized spacial score (nSPS) is 19.2. The minimum atomic E-state index is 0.163. The van der Waals surface area contributed by atoms with Crippen LogP contribution in [0.4, 0.5) is 0 Å². The van der Waals surface area contributed by atoms with Crippen molar-refractivity contribution in [2.24, 2.45) is 5.73 Å². The number of nitrogens with two attached hydrogens (primary N) is 1. The molecule has 74 valence electrons. The molecule has 0 radical (unpaired) electrons. The lowest BCUT2D eigenvalue weighted by atomic mass is 9.86. The van der Waals surface area contributed by atoms with Gasteiger partial charge in [0.15, 0.2) is 0 Å². The summed E-state index contributed by atoms with van der Waals surface area (Å²) in [4.78, 5) is 2.24. The molecule has 0 heterocycles. The Morgan fingerprint density at radius 1 is 1.33 bits per heavy atom. The van der Waals surface area contributed by atoms with Crippen LogP contribution in [0.5, 0.6) is 0 Å². The molecule has 0 aromatic carbocycles. The monoisotopic (exact) mass is 172 g/mol. The smallest absolute Gasteiger partial charge is 0.0323 e. The molecule has 0 spiro atoms. The maximum atomic E-state index is 6.13. The minimum Gasteiger partial charge on any atom is -0.326 e. The number of rotatable bonds is 5. The van der Waals surface area contributed by atoms with E-state index < -0.39 is 0 Å². The molecule has 0 aliphatic rings. The molecule has 0 aliphatic carbocycles. The van der Waals surface area contributed by atoms with Crippen LogP contribution in [0.15, 0.2) is 0 Å². The predicted molar refractivity (Wildman–Crippen MR) is 55.3 cm³/mol. The summed E-state index contributed by atoms with van der Waals surface area (Å²) in [5.41, 5.74) is 6.30. The summed E-state index contributed by atoms with van der Waals surface area (Å²) < 4.78 is 0. The molecule has 2 heteroatoms. The van der Waals surface area contributed by atoms with Crippen LogP contribution >= 0.6 is 0 Å². The Morgan fingerprint density at radius 2 is 1.83 bits per heavy atom. The van der Waals surface area contributed by atoms with E-state index in [9.17, 15) is 0 Å². The molecular formula is C10H24N2. The van der Waals surface area contributed by atoms with E-state index in [1.807, 2.05) is 0 Å². The fourth-order valence-corrected chi connectivity index (χ4v) is 1.53. The maximum Gasteiger partial charge on any atom is 0.0323 e. The molecule has 2 nitrogen and oxygen atoms in total. The number of likely N-dealkylation sites (N-methyl/N-ethyl adjacent to an activating group) is 1. The summed E-state index contributed by atoms with van der Waals surface area (Å²) in [6.45, 7) is 6.63. The highest BCUT2D eigenvalue weighted by atomic mass is 15.2. The van der Waals surface area contributed by atoms with Crippen LogP contribution in [0.2, 0.25) is 0 Å². The molecule has 0 aliphatic heterocycles. The summed E-state index contributed by atoms with van der Waals surface area (Å²) in [5.74, 6) is 0. The van der Waals surface area contributed by atoms with Crippen LogP contribution in [0.25, 0.3) is 0 Å². The number of hydrogen-bond acceptors (Lipinski definition) is 2. The van der Waals surface area contributed by atoms with Crippen molar-refractivity contribution in [1.29, 1.82) is 0 Å². The summed E-state index contributed by atoms with van der Waals surface area (Å²) >= 11 is 0. The maximum absolute atomic E-state index is 6.13. The van der Waals surface area contributed by atoms with Crippen LogP contribution in [-0.2, 0) is 0 Å². The van der Waals surface area contributed by atoms with E-state index in [4.69, 9.17) is 5.73 Å². The number of hydrogen-bond donors (Lipinski definition) is 1. The third-order valence-corrected chi connectivity index (χ3v) is 3.14. The molecule has 2 N–H and O–H groups in total. The van der Waals surface area contributed by atoms with E-state index >= 15 is 0 Å². The molecule has 2 atom stereocenters. The molecule has 0 aromatic rings. The fraction of sp³-hybridized carbons (Fsp3) is 1.00. The van der Waals surface area contributed by atoms with Gasteiger partial charge in [-0.15, -0.1) is 0 Å². The molecule has 0 saturated carbocycles. The van der Waals surface area contributed by atoms with Gasteiger partial charge in [-0.2, -0.15) is 0 Å². The second-order valence-electron chi connectivity index (χ2n) is 4.00. The van der Waals surface area contributed by atoms with Crippen molar-refractivity contribution in [3.05, 3.63) is 0 Å². The van der Waals surface area contributed by atoms with Crippen LogP contribution in [0, 0.1) is 0 Å². The summed E-state index contributed by atoms with van der Waals surface area (Å²) in [5, 5.41) is 0. The zero-order chi connectivity index (χ0) is 9.78. The highest BCUT2D eigenvalue weighted by Gasteiger charge is 2.31. The molecule has 0 saturated heterocycles. The van der Waals surface area contributed by atoms with Gasteiger partial charge < -0.3 is 10.6 Å². The molecule has 0 fully saturated rings. The molecule has 12 heavy (non-hydrogen) atoms. The Kier molecular flexibility index (Phi) is 4.80. The quantitative estimate of drug-likeness (QED) is 0.685. The lowest BCUT2D eigenvalue weighted by Gasteiger charge is -2.40. The zero-order valence-corrected chi connectivity index (χ0v) is 9.22. The van der Waals surface area contributed by atoms with Crippen molar-refractivity contribution in [2.75, 3.05) is 14.1 Å². The Balaban J connectivity index is 4.29. The lowest BCUT2D eigenvalue weighted by molar-refractivity contribution is 0.127. The average Bonchev–Trinajstić information content (AvgIpc) is 2.03. The highest BCUT2D eigenvalue weighted by Crippen LogP contribution is 2.22. The largest absolute Gasteiger partial charge is 0.326 e. The molecule has 0 bridgehead atoms. The first-order valence-electron chi connectivity index (χ1n) is 4.92. The summed E-state index contributed by atoms with van der Waals surface area (Å²) in [6, 6.07) is 0.294. The molecular weight excluding hydrogens is 148 g/mol. The van der Waals surface area contributed by atoms with E-state index in [0.717, 1.165) is 12.8 Å². The van der Waals surface area contributed by atoms with Crippen LogP contribution in [-0.4, -0.2) is 30.6 Å². The van der Waals surface area contributed by atoms with Crippen molar-refractivity contribution in [2.45, 2.75) is 51.6 Å². The van der Waals surface area contributed by atoms with E-state index in [0.29, 0.717) is 6.04 Å². The van der Waals surface area contributed by atoms with E-state index in [1.54, 1.807) is 0 Å². The Bertz CT molecular complexity index is 123. The fourth-order valence-electron chi connectivity index (χ4n) is 1.53. The average molecular weight is 172 g/mol. The van der Waals surface area contributed by atoms with E-state index in [-0.39, 0.29) is 5.54 Å². The third-order valence-electron chi connectivity index (χ3n) is 3.14. The van der Waals surface area contributed by atoms with Gasteiger partial charge in [0.1, 0.15) is 0 Å². The standard InChI is InChI=1S/C10H24N2/c1-6-8-9(11)10(3,7-2)12(4)5/h9H,6-8,11H2,1-5H3. The van der Waals surface area contributed by atoms with Crippen LogP contribution in [0.3, 0.4) is 0 Å². The van der Waals surface area contributed by atoms with Gasteiger partial charge in [0.05, 0.1) is 0 Å². The SMILES string of the molecule is CCCC(N)C(C)(CC)N(C)C. The molecule has 2 unspecified atom stereocenters. The van der Waals surface area contributed by atoms with Gasteiger partial charge in [0.25, 0.3) is 0 Å². The minimum absolute atomic E-state index is 0.163. The Hall–Kier alpha value is -0.0800. The van der Waals surface area contributed by atoms with Gasteiger partial charge in [-0.1, -0.05) is 20.3 Å². The first kappa shape index (κ1) is 11.9. The van der Waals surface area contributed by atoms with Gasteiger partial charge in [0.2, 0.25) is 0 Å². The molecule has 0 amide bonds. The summed E-state index contributed by atoms with van der Waals surface area (Å²) in [6.07, 6.45) is 3.40. The molecule has 0 aromatic heterocycles. The summed E-state index contributed by atoms with van der Waals surface area (Å²) in [7, 11) is 4.22. The second kappa shape index (κ2) is 4.83. The van der Waals surface area contributed by atoms with Crippen LogP contribution < -0.4 is 5.73 Å². The first-order valence-corrected chi connectivity index (χ1v) is 4.92. The second-order valence-corrected chi connectivity index (χ2v) is 4.00. The predicted octanol–water partition coefficient (Wildman–Crippen LogP) is 1.84. The van der Waals surface area contributed by atoms with Gasteiger partial charge in [0, 0.05) is 11.6 Å². The van der Waals surface area contributed by atoms with E-state index in [2.05, 4.69) is 39.8 Å². The zero-order valence-electron chi connectivity index (χ0n) is 9.22. The van der Waals surface area contributed by atoms with Gasteiger partial charge in [-0.25, -0.2) is 0 Å². The van der Waals surface area contributed by atoms with Crippen molar-refractivity contribution in [1.82, 2.24) is 4.90 Å². The third kappa shape index (κ3) is 2.46. The Morgan fingerprint density at radius 3 is 2.08 bits per heavy atom. The van der Waals surface area contributed by atoms with Crippen molar-refractivity contribution in [3.63, 3.8) is 0 Å². The topological polar surface area (TPSA) is 29.3 Å². The van der Waals surface area contributed by atoms with Gasteiger partial charge in [-0.05, 0) is 33.9 Å². The first-order chi connectivity index (χ1) is 5.49.